The average molecular weight is 359 g/mol. The Balaban J connectivity index is 1.60. The second-order valence-corrected chi connectivity index (χ2v) is 6.67. The number of ether oxygens (including phenoxy) is 2. The molecule has 0 spiro atoms. The van der Waals surface area contributed by atoms with Crippen molar-refractivity contribution in [3.8, 4) is 11.5 Å². The van der Waals surface area contributed by atoms with Gasteiger partial charge in [-0.1, -0.05) is 11.8 Å². The first-order valence-electron chi connectivity index (χ1n) is 8.27. The average Bonchev–Trinajstić information content (AvgIpc) is 2.98. The molecular formula is C18H21N3O3S. The molecule has 25 heavy (non-hydrogen) atoms. The summed E-state index contributed by atoms with van der Waals surface area (Å²) in [5.74, 6) is 1.88. The van der Waals surface area contributed by atoms with Gasteiger partial charge in [-0.3, -0.25) is 4.79 Å². The summed E-state index contributed by atoms with van der Waals surface area (Å²) in [5.41, 5.74) is 2.08. The number of rotatable bonds is 7. The van der Waals surface area contributed by atoms with Crippen molar-refractivity contribution in [2.24, 2.45) is 0 Å². The van der Waals surface area contributed by atoms with Gasteiger partial charge in [-0.25, -0.2) is 9.97 Å². The van der Waals surface area contributed by atoms with E-state index >= 15 is 0 Å². The van der Waals surface area contributed by atoms with E-state index in [4.69, 9.17) is 9.47 Å². The van der Waals surface area contributed by atoms with Crippen LogP contribution in [0.15, 0.2) is 35.7 Å². The SMILES string of the molecule is CCOc1cc2c(cc1CNC(=O)CSc1ncccn1)OC(C)C2. The zero-order chi connectivity index (χ0) is 17.6. The van der Waals surface area contributed by atoms with Crippen molar-refractivity contribution < 1.29 is 14.3 Å². The number of carbonyl (C=O) groups excluding carboxylic acids is 1. The molecule has 1 aliphatic heterocycles. The Morgan fingerprint density at radius 1 is 1.40 bits per heavy atom. The maximum absolute atomic E-state index is 12.1. The molecule has 132 valence electrons. The second-order valence-electron chi connectivity index (χ2n) is 5.73. The summed E-state index contributed by atoms with van der Waals surface area (Å²) in [6.07, 6.45) is 4.38. The van der Waals surface area contributed by atoms with Gasteiger partial charge in [0.2, 0.25) is 5.91 Å². The van der Waals surface area contributed by atoms with E-state index < -0.39 is 0 Å². The van der Waals surface area contributed by atoms with Crippen LogP contribution in [-0.4, -0.2) is 34.3 Å². The second kappa shape index (κ2) is 8.20. The monoisotopic (exact) mass is 359 g/mol. The zero-order valence-electron chi connectivity index (χ0n) is 14.3. The standard InChI is InChI=1S/C18H21N3O3S/c1-3-23-15-8-13-7-12(2)24-16(13)9-14(15)10-21-17(22)11-25-18-19-5-4-6-20-18/h4-6,8-9,12H,3,7,10-11H2,1-2H3,(H,21,22). The summed E-state index contributed by atoms with van der Waals surface area (Å²) in [6.45, 7) is 4.97. The molecule has 1 aliphatic rings. The lowest BCUT2D eigenvalue weighted by molar-refractivity contribution is -0.118. The molecule has 6 nitrogen and oxygen atoms in total. The number of nitrogens with zero attached hydrogens (tertiary/aromatic N) is 2. The van der Waals surface area contributed by atoms with Crippen LogP contribution >= 0.6 is 11.8 Å². The van der Waals surface area contributed by atoms with Gasteiger partial charge in [0.05, 0.1) is 12.4 Å². The number of amides is 1. The van der Waals surface area contributed by atoms with Crippen LogP contribution in [-0.2, 0) is 17.8 Å². The van der Waals surface area contributed by atoms with Gasteiger partial charge in [0, 0.05) is 36.5 Å². The number of thioether (sulfide) groups is 1. The van der Waals surface area contributed by atoms with Gasteiger partial charge in [-0.05, 0) is 32.0 Å². The Hall–Kier alpha value is -2.28. The lowest BCUT2D eigenvalue weighted by Gasteiger charge is -2.13. The maximum Gasteiger partial charge on any atom is 0.230 e. The van der Waals surface area contributed by atoms with Crippen molar-refractivity contribution in [3.63, 3.8) is 0 Å². The van der Waals surface area contributed by atoms with E-state index in [1.807, 2.05) is 26.0 Å². The van der Waals surface area contributed by atoms with Crippen LogP contribution in [0.1, 0.15) is 25.0 Å². The van der Waals surface area contributed by atoms with Crippen molar-refractivity contribution in [1.29, 1.82) is 0 Å². The van der Waals surface area contributed by atoms with Crippen molar-refractivity contribution >= 4 is 17.7 Å². The minimum Gasteiger partial charge on any atom is -0.494 e. The number of nitrogens with one attached hydrogen (secondary N) is 1. The molecule has 1 unspecified atom stereocenters. The molecule has 1 atom stereocenters. The first kappa shape index (κ1) is 17.5. The molecule has 1 N–H and O–H groups in total. The number of fused-ring (bicyclic) bond motifs is 1. The Morgan fingerprint density at radius 2 is 2.20 bits per heavy atom. The Kier molecular flexibility index (Phi) is 5.75. The first-order valence-corrected chi connectivity index (χ1v) is 9.26. The molecule has 0 bridgehead atoms. The van der Waals surface area contributed by atoms with Gasteiger partial charge in [-0.15, -0.1) is 0 Å². The van der Waals surface area contributed by atoms with Crippen molar-refractivity contribution in [2.75, 3.05) is 12.4 Å². The molecule has 1 aromatic heterocycles. The lowest BCUT2D eigenvalue weighted by atomic mass is 10.1. The zero-order valence-corrected chi connectivity index (χ0v) is 15.1. The predicted octanol–water partition coefficient (Wildman–Crippen LogP) is 2.61. The normalized spacial score (nSPS) is 15.4. The van der Waals surface area contributed by atoms with Gasteiger partial charge < -0.3 is 14.8 Å². The third-order valence-electron chi connectivity index (χ3n) is 3.73. The Morgan fingerprint density at radius 3 is 2.96 bits per heavy atom. The highest BCUT2D eigenvalue weighted by Crippen LogP contribution is 2.35. The fourth-order valence-corrected chi connectivity index (χ4v) is 3.28. The topological polar surface area (TPSA) is 73.3 Å². The molecule has 1 aromatic carbocycles. The van der Waals surface area contributed by atoms with Crippen LogP contribution in [0, 0.1) is 0 Å². The molecule has 0 aliphatic carbocycles. The van der Waals surface area contributed by atoms with Gasteiger partial charge in [0.1, 0.15) is 17.6 Å². The summed E-state index contributed by atoms with van der Waals surface area (Å²) >= 11 is 1.31. The molecule has 3 rings (SSSR count). The third-order valence-corrected chi connectivity index (χ3v) is 4.60. The number of aromatic nitrogens is 2. The number of carbonyl (C=O) groups is 1. The molecular weight excluding hydrogens is 338 g/mol. The highest BCUT2D eigenvalue weighted by molar-refractivity contribution is 7.99. The van der Waals surface area contributed by atoms with E-state index in [-0.39, 0.29) is 17.8 Å². The molecule has 0 radical (unpaired) electrons. The molecule has 1 amide bonds. The summed E-state index contributed by atoms with van der Waals surface area (Å²) in [6, 6.07) is 5.74. The number of benzene rings is 1. The van der Waals surface area contributed by atoms with E-state index in [1.165, 1.54) is 11.8 Å². The fourth-order valence-electron chi connectivity index (χ4n) is 2.64. The quantitative estimate of drug-likeness (QED) is 0.605. The smallest absolute Gasteiger partial charge is 0.230 e. The molecule has 2 aromatic rings. The molecule has 0 saturated heterocycles. The van der Waals surface area contributed by atoms with Crippen LogP contribution < -0.4 is 14.8 Å². The third kappa shape index (κ3) is 4.63. The van der Waals surface area contributed by atoms with E-state index in [0.717, 1.165) is 29.0 Å². The Bertz CT molecular complexity index is 740. The van der Waals surface area contributed by atoms with Crippen molar-refractivity contribution in [2.45, 2.75) is 38.1 Å². The predicted molar refractivity (Wildman–Crippen MR) is 96.0 cm³/mol. The molecule has 0 fully saturated rings. The summed E-state index contributed by atoms with van der Waals surface area (Å²) in [7, 11) is 0. The van der Waals surface area contributed by atoms with Crippen molar-refractivity contribution in [1.82, 2.24) is 15.3 Å². The Labute approximate surface area is 151 Å². The van der Waals surface area contributed by atoms with Crippen LogP contribution in [0.4, 0.5) is 0 Å². The maximum atomic E-state index is 12.1. The first-order chi connectivity index (χ1) is 12.2. The van der Waals surface area contributed by atoms with Gasteiger partial charge >= 0.3 is 0 Å². The fraction of sp³-hybridized carbons (Fsp3) is 0.389. The lowest BCUT2D eigenvalue weighted by Crippen LogP contribution is -2.25. The molecule has 2 heterocycles. The van der Waals surface area contributed by atoms with Gasteiger partial charge in [0.25, 0.3) is 0 Å². The summed E-state index contributed by atoms with van der Waals surface area (Å²) in [5, 5.41) is 3.51. The van der Waals surface area contributed by atoms with E-state index in [9.17, 15) is 4.79 Å². The van der Waals surface area contributed by atoms with Gasteiger partial charge in [0.15, 0.2) is 5.16 Å². The number of hydrogen-bond donors (Lipinski definition) is 1. The number of hydrogen-bond acceptors (Lipinski definition) is 6. The van der Waals surface area contributed by atoms with E-state index in [2.05, 4.69) is 15.3 Å². The van der Waals surface area contributed by atoms with Crippen LogP contribution in [0.5, 0.6) is 11.5 Å². The summed E-state index contributed by atoms with van der Waals surface area (Å²) in [4.78, 5) is 20.3. The highest BCUT2D eigenvalue weighted by Gasteiger charge is 2.22. The summed E-state index contributed by atoms with van der Waals surface area (Å²) < 4.78 is 11.5. The minimum absolute atomic E-state index is 0.0744. The van der Waals surface area contributed by atoms with Crippen LogP contribution in [0.3, 0.4) is 0 Å². The highest BCUT2D eigenvalue weighted by atomic mass is 32.2. The van der Waals surface area contributed by atoms with Crippen LogP contribution in [0.25, 0.3) is 0 Å². The molecule has 7 heteroatoms. The minimum atomic E-state index is -0.0744. The van der Waals surface area contributed by atoms with E-state index in [0.29, 0.717) is 18.3 Å². The largest absolute Gasteiger partial charge is 0.494 e. The van der Waals surface area contributed by atoms with E-state index in [1.54, 1.807) is 18.5 Å². The van der Waals surface area contributed by atoms with Crippen LogP contribution in [0.2, 0.25) is 0 Å². The van der Waals surface area contributed by atoms with Gasteiger partial charge in [-0.2, -0.15) is 0 Å². The molecule has 0 saturated carbocycles. The van der Waals surface area contributed by atoms with Crippen molar-refractivity contribution in [3.05, 3.63) is 41.7 Å².